The van der Waals surface area contributed by atoms with Gasteiger partial charge in [-0.1, -0.05) is 6.07 Å². The van der Waals surface area contributed by atoms with Gasteiger partial charge in [0, 0.05) is 41.9 Å². The zero-order valence-electron chi connectivity index (χ0n) is 18.2. The van der Waals surface area contributed by atoms with Crippen LogP contribution in [0.1, 0.15) is 16.7 Å². The van der Waals surface area contributed by atoms with Crippen LogP contribution in [0.5, 0.6) is 0 Å². The minimum Gasteiger partial charge on any atom is -0.355 e. The number of aromatic nitrogens is 2. The normalized spacial score (nSPS) is 11.9. The lowest BCUT2D eigenvalue weighted by Gasteiger charge is -2.14. The predicted octanol–water partition coefficient (Wildman–Crippen LogP) is 5.49. The Bertz CT molecular complexity index is 1420. The van der Waals surface area contributed by atoms with Crippen LogP contribution in [-0.4, -0.2) is 24.4 Å². The molecule has 180 valence electrons. The van der Waals surface area contributed by atoms with Crippen LogP contribution in [0.3, 0.4) is 0 Å². The van der Waals surface area contributed by atoms with Gasteiger partial charge in [0.05, 0.1) is 11.1 Å². The number of benzene rings is 2. The molecule has 0 aliphatic rings. The summed E-state index contributed by atoms with van der Waals surface area (Å²) >= 11 is 0. The van der Waals surface area contributed by atoms with Crippen molar-refractivity contribution in [2.75, 3.05) is 12.4 Å². The predicted molar refractivity (Wildman–Crippen MR) is 128 cm³/mol. The molecule has 4 aromatic rings. The van der Waals surface area contributed by atoms with Crippen LogP contribution < -0.4 is 10.6 Å². The highest BCUT2D eigenvalue weighted by Crippen LogP contribution is 2.34. The molecule has 4 rings (SSSR count). The lowest BCUT2D eigenvalue weighted by molar-refractivity contribution is -0.137. The van der Waals surface area contributed by atoms with Gasteiger partial charge in [-0.15, -0.1) is 12.4 Å². The molecule has 34 heavy (non-hydrogen) atoms. The van der Waals surface area contributed by atoms with Crippen molar-refractivity contribution in [1.29, 1.82) is 0 Å². The molecular formula is C23H22ClF3N4O2S. The molecule has 2 heterocycles. The average Bonchev–Trinajstić information content (AvgIpc) is 3.14. The van der Waals surface area contributed by atoms with Crippen molar-refractivity contribution in [1.82, 2.24) is 14.3 Å². The molecule has 0 unspecified atom stereocenters. The third-order valence-electron chi connectivity index (χ3n) is 5.25. The zero-order valence-corrected chi connectivity index (χ0v) is 19.9. The van der Waals surface area contributed by atoms with Crippen molar-refractivity contribution in [3.63, 3.8) is 0 Å². The molecule has 0 saturated heterocycles. The molecule has 0 aliphatic heterocycles. The van der Waals surface area contributed by atoms with Crippen molar-refractivity contribution < 1.29 is 21.6 Å². The lowest BCUT2D eigenvalue weighted by Crippen LogP contribution is -2.12. The maximum absolute atomic E-state index is 13.3. The molecule has 0 saturated carbocycles. The van der Waals surface area contributed by atoms with Gasteiger partial charge in [0.15, 0.2) is 0 Å². The first-order valence-electron chi connectivity index (χ1n) is 10.0. The second-order valence-electron chi connectivity index (χ2n) is 7.56. The molecule has 0 radical (unpaired) electrons. The number of alkyl halides is 3. The van der Waals surface area contributed by atoms with Crippen LogP contribution in [0, 0.1) is 6.92 Å². The maximum Gasteiger partial charge on any atom is 0.416 e. The summed E-state index contributed by atoms with van der Waals surface area (Å²) in [5, 5.41) is 6.87. The molecule has 2 N–H and O–H groups in total. The van der Waals surface area contributed by atoms with Crippen LogP contribution in [0.4, 0.5) is 24.5 Å². The Hall–Kier alpha value is -3.08. The van der Waals surface area contributed by atoms with E-state index in [9.17, 15) is 21.6 Å². The number of hydrogen-bond donors (Lipinski definition) is 2. The summed E-state index contributed by atoms with van der Waals surface area (Å²) < 4.78 is 66.7. The van der Waals surface area contributed by atoms with Crippen molar-refractivity contribution in [3.8, 4) is 0 Å². The summed E-state index contributed by atoms with van der Waals surface area (Å²) in [5.74, 6) is 0. The number of pyridine rings is 1. The number of anilines is 2. The molecule has 0 amide bonds. The second kappa shape index (κ2) is 9.65. The van der Waals surface area contributed by atoms with Crippen LogP contribution in [0.2, 0.25) is 0 Å². The fraction of sp³-hybridized carbons (Fsp3) is 0.174. The number of rotatable bonds is 6. The van der Waals surface area contributed by atoms with Crippen LogP contribution in [-0.2, 0) is 22.7 Å². The van der Waals surface area contributed by atoms with Gasteiger partial charge in [-0.25, -0.2) is 12.4 Å². The Balaban J connectivity index is 0.00000324. The average molecular weight is 511 g/mol. The van der Waals surface area contributed by atoms with Gasteiger partial charge in [0.25, 0.3) is 10.0 Å². The number of halogens is 4. The molecule has 0 spiro atoms. The second-order valence-corrected chi connectivity index (χ2v) is 9.37. The number of fused-ring (bicyclic) bond motifs is 1. The lowest BCUT2D eigenvalue weighted by atomic mass is 10.1. The van der Waals surface area contributed by atoms with Gasteiger partial charge in [-0.2, -0.15) is 13.2 Å². The van der Waals surface area contributed by atoms with Gasteiger partial charge in [0.1, 0.15) is 4.90 Å². The summed E-state index contributed by atoms with van der Waals surface area (Å²) in [7, 11) is -2.14. The first kappa shape index (κ1) is 25.5. The highest BCUT2D eigenvalue weighted by Gasteiger charge is 2.30. The Morgan fingerprint density at radius 2 is 1.85 bits per heavy atom. The SMILES string of the molecule is CNCc1cn(S(=O)(=O)c2cccnc2)c2cc(Nc3ccc(C(F)(F)F)cc3C)ccc12.Cl. The largest absolute Gasteiger partial charge is 0.416 e. The third kappa shape index (κ3) is 4.89. The van der Waals surface area contributed by atoms with E-state index in [-0.39, 0.29) is 17.3 Å². The summed E-state index contributed by atoms with van der Waals surface area (Å²) in [5.41, 5.74) is 1.96. The smallest absolute Gasteiger partial charge is 0.355 e. The van der Waals surface area contributed by atoms with E-state index in [1.807, 2.05) is 0 Å². The first-order valence-corrected chi connectivity index (χ1v) is 11.4. The Labute approximate surface area is 201 Å². The van der Waals surface area contributed by atoms with E-state index >= 15 is 0 Å². The van der Waals surface area contributed by atoms with Crippen molar-refractivity contribution >= 4 is 44.7 Å². The molecule has 2 aromatic heterocycles. The third-order valence-corrected chi connectivity index (χ3v) is 6.90. The molecule has 11 heteroatoms. The van der Waals surface area contributed by atoms with E-state index in [2.05, 4.69) is 15.6 Å². The van der Waals surface area contributed by atoms with E-state index in [0.717, 1.165) is 23.1 Å². The molecule has 0 atom stereocenters. The Morgan fingerprint density at radius 3 is 2.47 bits per heavy atom. The van der Waals surface area contributed by atoms with Gasteiger partial charge < -0.3 is 10.6 Å². The van der Waals surface area contributed by atoms with E-state index < -0.39 is 21.8 Å². The van der Waals surface area contributed by atoms with E-state index in [1.165, 1.54) is 28.5 Å². The fourth-order valence-electron chi connectivity index (χ4n) is 3.62. The Morgan fingerprint density at radius 1 is 1.09 bits per heavy atom. The maximum atomic E-state index is 13.3. The summed E-state index contributed by atoms with van der Waals surface area (Å²) in [6, 6.07) is 11.7. The number of aryl methyl sites for hydroxylation is 1. The standard InChI is InChI=1S/C23H21F3N4O2S.ClH/c1-15-10-17(23(24,25)26)5-8-21(15)29-18-6-7-20-16(12-27-2)14-30(22(20)11-18)33(31,32)19-4-3-9-28-13-19;/h3-11,13-14,27,29H,12H2,1-2H3;1H. The van der Waals surface area contributed by atoms with Gasteiger partial charge >= 0.3 is 6.18 Å². The van der Waals surface area contributed by atoms with Crippen LogP contribution >= 0.6 is 12.4 Å². The number of nitrogens with one attached hydrogen (secondary N) is 2. The highest BCUT2D eigenvalue weighted by atomic mass is 35.5. The van der Waals surface area contributed by atoms with Crippen molar-refractivity contribution in [2.45, 2.75) is 24.5 Å². The summed E-state index contributed by atoms with van der Waals surface area (Å²) in [4.78, 5) is 3.96. The number of hydrogen-bond acceptors (Lipinski definition) is 5. The van der Waals surface area contributed by atoms with Gasteiger partial charge in [-0.3, -0.25) is 4.98 Å². The summed E-state index contributed by atoms with van der Waals surface area (Å²) in [6.45, 7) is 2.04. The molecule has 0 aliphatic carbocycles. The topological polar surface area (TPSA) is 76.0 Å². The van der Waals surface area contributed by atoms with Crippen molar-refractivity contribution in [3.05, 3.63) is 83.8 Å². The first-order chi connectivity index (χ1) is 15.6. The molecule has 0 bridgehead atoms. The van der Waals surface area contributed by atoms with Gasteiger partial charge in [-0.05, 0) is 67.6 Å². The van der Waals surface area contributed by atoms with E-state index in [1.54, 1.807) is 44.4 Å². The zero-order chi connectivity index (χ0) is 23.8. The quantitative estimate of drug-likeness (QED) is 0.359. The highest BCUT2D eigenvalue weighted by molar-refractivity contribution is 7.90. The molecule has 0 fully saturated rings. The van der Waals surface area contributed by atoms with E-state index in [4.69, 9.17) is 0 Å². The van der Waals surface area contributed by atoms with Gasteiger partial charge in [0.2, 0.25) is 0 Å². The fourth-order valence-corrected chi connectivity index (χ4v) is 4.97. The molecule has 2 aromatic carbocycles. The van der Waals surface area contributed by atoms with E-state index in [0.29, 0.717) is 29.0 Å². The van der Waals surface area contributed by atoms with Crippen molar-refractivity contribution in [2.24, 2.45) is 0 Å². The molecule has 6 nitrogen and oxygen atoms in total. The Kier molecular flexibility index (Phi) is 7.25. The van der Waals surface area contributed by atoms with Crippen LogP contribution in [0.15, 0.2) is 72.0 Å². The summed E-state index contributed by atoms with van der Waals surface area (Å²) in [6.07, 6.45) is -0.0791. The molecular weight excluding hydrogens is 489 g/mol. The minimum atomic E-state index is -4.42. The van der Waals surface area contributed by atoms with Crippen LogP contribution in [0.25, 0.3) is 10.9 Å². The number of nitrogens with zero attached hydrogens (tertiary/aromatic N) is 2. The monoisotopic (exact) mass is 510 g/mol. The minimum absolute atomic E-state index is 0.